The van der Waals surface area contributed by atoms with Crippen LogP contribution in [0.1, 0.15) is 0 Å². The van der Waals surface area contributed by atoms with Crippen molar-refractivity contribution >= 4 is 27.0 Å². The van der Waals surface area contributed by atoms with E-state index < -0.39 is 0 Å². The Labute approximate surface area is 65.6 Å². The van der Waals surface area contributed by atoms with E-state index in [0.29, 0.717) is 0 Å². The molecule has 4 heteroatoms. The Morgan fingerprint density at radius 1 is 1.60 bits per heavy atom. The number of imidazole rings is 1. The summed E-state index contributed by atoms with van der Waals surface area (Å²) >= 11 is 3.27. The normalized spacial score (nSPS) is 10.5. The molecule has 10 heavy (non-hydrogen) atoms. The van der Waals surface area contributed by atoms with Crippen molar-refractivity contribution in [3.05, 3.63) is 23.2 Å². The summed E-state index contributed by atoms with van der Waals surface area (Å²) in [6, 6.07) is 1.92. The van der Waals surface area contributed by atoms with Crippen molar-refractivity contribution in [1.82, 2.24) is 9.97 Å². The lowest BCUT2D eigenvalue weighted by molar-refractivity contribution is -0.344. The highest BCUT2D eigenvalue weighted by atomic mass is 79.9. The molecule has 2 aromatic rings. The highest BCUT2D eigenvalue weighted by Crippen LogP contribution is 2.09. The third-order valence-corrected chi connectivity index (χ3v) is 1.76. The Bertz CT molecular complexity index is 355. The highest BCUT2D eigenvalue weighted by molar-refractivity contribution is 9.10. The van der Waals surface area contributed by atoms with E-state index in [2.05, 4.69) is 30.9 Å². The minimum absolute atomic E-state index is 0.843. The van der Waals surface area contributed by atoms with Crippen molar-refractivity contribution in [3.63, 3.8) is 0 Å². The zero-order valence-electron chi connectivity index (χ0n) is 5.06. The second kappa shape index (κ2) is 2.05. The SMILES string of the molecule is Brc1cc2[nH+]c[nH]c2cn1. The minimum Gasteiger partial charge on any atom is -0.245 e. The first kappa shape index (κ1) is 5.85. The summed E-state index contributed by atoms with van der Waals surface area (Å²) in [5, 5.41) is 0. The predicted molar refractivity (Wildman–Crippen MR) is 40.3 cm³/mol. The van der Waals surface area contributed by atoms with Crippen LogP contribution in [0.3, 0.4) is 0 Å². The van der Waals surface area contributed by atoms with Crippen LogP contribution in [0.2, 0.25) is 0 Å². The van der Waals surface area contributed by atoms with Crippen molar-refractivity contribution in [2.75, 3.05) is 0 Å². The first-order valence-corrected chi connectivity index (χ1v) is 3.66. The van der Waals surface area contributed by atoms with Gasteiger partial charge in [-0.25, -0.2) is 15.0 Å². The first-order valence-electron chi connectivity index (χ1n) is 2.86. The quantitative estimate of drug-likeness (QED) is 0.635. The van der Waals surface area contributed by atoms with Gasteiger partial charge in [0.15, 0.2) is 11.0 Å². The van der Waals surface area contributed by atoms with E-state index in [9.17, 15) is 0 Å². The maximum Gasteiger partial charge on any atom is 0.240 e. The van der Waals surface area contributed by atoms with Gasteiger partial charge >= 0.3 is 0 Å². The Morgan fingerprint density at radius 3 is 3.40 bits per heavy atom. The van der Waals surface area contributed by atoms with Gasteiger partial charge in [-0.2, -0.15) is 0 Å². The van der Waals surface area contributed by atoms with Crippen LogP contribution in [-0.2, 0) is 0 Å². The van der Waals surface area contributed by atoms with E-state index in [-0.39, 0.29) is 0 Å². The fourth-order valence-corrected chi connectivity index (χ4v) is 1.19. The average molecular weight is 199 g/mol. The van der Waals surface area contributed by atoms with Gasteiger partial charge in [0.05, 0.1) is 6.20 Å². The summed E-state index contributed by atoms with van der Waals surface area (Å²) in [7, 11) is 0. The number of aromatic nitrogens is 3. The van der Waals surface area contributed by atoms with Gasteiger partial charge in [-0.05, 0) is 15.9 Å². The molecule has 0 aromatic carbocycles. The molecular formula is C6H5BrN3+. The number of fused-ring (bicyclic) bond motifs is 1. The standard InChI is InChI=1S/C6H4BrN3/c7-6-1-4-5(2-8-6)10-3-9-4/h1-3H,(H,9,10)/p+1. The lowest BCUT2D eigenvalue weighted by Gasteiger charge is -1.83. The van der Waals surface area contributed by atoms with Gasteiger partial charge in [0.1, 0.15) is 4.60 Å². The average Bonchev–Trinajstić information content (AvgIpc) is 2.33. The van der Waals surface area contributed by atoms with Gasteiger partial charge in [0.2, 0.25) is 6.33 Å². The number of rotatable bonds is 0. The van der Waals surface area contributed by atoms with E-state index in [1.807, 2.05) is 6.07 Å². The summed E-state index contributed by atoms with van der Waals surface area (Å²) in [4.78, 5) is 10.1. The molecular weight excluding hydrogens is 194 g/mol. The van der Waals surface area contributed by atoms with Gasteiger partial charge in [-0.3, -0.25) is 0 Å². The summed E-state index contributed by atoms with van der Waals surface area (Å²) in [6.45, 7) is 0. The third-order valence-electron chi connectivity index (χ3n) is 1.33. The lowest BCUT2D eigenvalue weighted by atomic mass is 10.4. The fraction of sp³-hybridized carbons (Fsp3) is 0. The van der Waals surface area contributed by atoms with Crippen LogP contribution in [-0.4, -0.2) is 9.97 Å². The number of halogens is 1. The molecule has 0 aliphatic rings. The van der Waals surface area contributed by atoms with E-state index in [0.717, 1.165) is 15.6 Å². The number of pyridine rings is 1. The molecule has 0 unspecified atom stereocenters. The maximum absolute atomic E-state index is 4.04. The van der Waals surface area contributed by atoms with Crippen LogP contribution in [0.5, 0.6) is 0 Å². The van der Waals surface area contributed by atoms with Crippen molar-refractivity contribution in [1.29, 1.82) is 0 Å². The highest BCUT2D eigenvalue weighted by Gasteiger charge is 2.00. The van der Waals surface area contributed by atoms with Crippen molar-refractivity contribution < 1.29 is 4.98 Å². The van der Waals surface area contributed by atoms with Crippen LogP contribution in [0.4, 0.5) is 0 Å². The van der Waals surface area contributed by atoms with E-state index in [4.69, 9.17) is 0 Å². The van der Waals surface area contributed by atoms with E-state index in [1.54, 1.807) is 12.5 Å². The topological polar surface area (TPSA) is 42.8 Å². The second-order valence-electron chi connectivity index (χ2n) is 1.99. The molecule has 50 valence electrons. The molecule has 0 aliphatic heterocycles. The van der Waals surface area contributed by atoms with E-state index in [1.165, 1.54) is 0 Å². The van der Waals surface area contributed by atoms with Crippen LogP contribution in [0.25, 0.3) is 11.0 Å². The van der Waals surface area contributed by atoms with E-state index >= 15 is 0 Å². The molecule has 0 fully saturated rings. The molecule has 0 amide bonds. The molecule has 0 saturated heterocycles. The van der Waals surface area contributed by atoms with Gasteiger partial charge in [0.25, 0.3) is 0 Å². The number of hydrogen-bond acceptors (Lipinski definition) is 1. The summed E-state index contributed by atoms with van der Waals surface area (Å²) in [6.07, 6.45) is 3.55. The number of aromatic amines is 2. The minimum atomic E-state index is 0.843. The second-order valence-corrected chi connectivity index (χ2v) is 2.80. The number of nitrogens with one attached hydrogen (secondary N) is 2. The number of nitrogens with zero attached hydrogens (tertiary/aromatic N) is 1. The van der Waals surface area contributed by atoms with Crippen molar-refractivity contribution in [2.45, 2.75) is 0 Å². The maximum atomic E-state index is 4.04. The zero-order chi connectivity index (χ0) is 6.97. The van der Waals surface area contributed by atoms with Gasteiger partial charge < -0.3 is 0 Å². The first-order chi connectivity index (χ1) is 4.86. The molecule has 0 saturated carbocycles. The van der Waals surface area contributed by atoms with Gasteiger partial charge in [0, 0.05) is 6.07 Å². The Balaban J connectivity index is 2.86. The number of H-pyrrole nitrogens is 2. The predicted octanol–water partition coefficient (Wildman–Crippen LogP) is 1.14. The molecule has 3 nitrogen and oxygen atoms in total. The Morgan fingerprint density at radius 2 is 2.50 bits per heavy atom. The summed E-state index contributed by atoms with van der Waals surface area (Å²) in [5.41, 5.74) is 2.07. The van der Waals surface area contributed by atoms with Crippen molar-refractivity contribution in [2.24, 2.45) is 0 Å². The van der Waals surface area contributed by atoms with Crippen LogP contribution in [0, 0.1) is 0 Å². The van der Waals surface area contributed by atoms with Crippen LogP contribution < -0.4 is 4.98 Å². The van der Waals surface area contributed by atoms with Crippen LogP contribution >= 0.6 is 15.9 Å². The summed E-state index contributed by atoms with van der Waals surface area (Å²) < 4.78 is 0.843. The smallest absolute Gasteiger partial charge is 0.240 e. The Kier molecular flexibility index (Phi) is 1.20. The largest absolute Gasteiger partial charge is 0.245 e. The molecule has 2 rings (SSSR count). The lowest BCUT2D eigenvalue weighted by Crippen LogP contribution is -1.93. The molecule has 2 N–H and O–H groups in total. The molecule has 2 aromatic heterocycles. The molecule has 0 aliphatic carbocycles. The molecule has 0 radical (unpaired) electrons. The third kappa shape index (κ3) is 0.806. The monoisotopic (exact) mass is 198 g/mol. The Hall–Kier alpha value is -0.900. The molecule has 0 atom stereocenters. The fourth-order valence-electron chi connectivity index (χ4n) is 0.856. The molecule has 0 spiro atoms. The van der Waals surface area contributed by atoms with Crippen LogP contribution in [0.15, 0.2) is 23.2 Å². The van der Waals surface area contributed by atoms with Gasteiger partial charge in [-0.15, -0.1) is 0 Å². The molecule has 0 bridgehead atoms. The summed E-state index contributed by atoms with van der Waals surface area (Å²) in [5.74, 6) is 0. The van der Waals surface area contributed by atoms with Crippen molar-refractivity contribution in [3.8, 4) is 0 Å². The zero-order valence-corrected chi connectivity index (χ0v) is 6.64. The number of hydrogen-bond donors (Lipinski definition) is 1. The van der Waals surface area contributed by atoms with Gasteiger partial charge in [-0.1, -0.05) is 0 Å². The molecule has 2 heterocycles.